The van der Waals surface area contributed by atoms with Gasteiger partial charge in [0.25, 0.3) is 0 Å². The number of anilines is 2. The Kier molecular flexibility index (Phi) is 6.10. The summed E-state index contributed by atoms with van der Waals surface area (Å²) in [5.74, 6) is 0.822. The number of carbonyl (C=O) groups is 2. The van der Waals surface area contributed by atoms with Gasteiger partial charge in [-0.3, -0.25) is 9.59 Å². The molecule has 1 aromatic heterocycles. The topological polar surface area (TPSA) is 84.4 Å². The van der Waals surface area contributed by atoms with E-state index in [9.17, 15) is 9.59 Å². The van der Waals surface area contributed by atoms with Crippen molar-refractivity contribution in [1.29, 1.82) is 0 Å². The highest BCUT2D eigenvalue weighted by atomic mass is 32.2. The zero-order valence-corrected chi connectivity index (χ0v) is 16.2. The molecule has 1 atom stereocenters. The van der Waals surface area contributed by atoms with Crippen molar-refractivity contribution in [2.24, 2.45) is 5.92 Å². The second-order valence-corrected chi connectivity index (χ2v) is 8.09. The molecule has 0 aliphatic carbocycles. The van der Waals surface area contributed by atoms with Crippen LogP contribution in [0.4, 0.5) is 10.8 Å². The van der Waals surface area contributed by atoms with Crippen LogP contribution in [0.5, 0.6) is 5.75 Å². The molecule has 138 valence electrons. The van der Waals surface area contributed by atoms with Crippen LogP contribution in [0.1, 0.15) is 20.3 Å². The number of para-hydroxylation sites is 2. The van der Waals surface area contributed by atoms with Crippen LogP contribution in [0.2, 0.25) is 0 Å². The van der Waals surface area contributed by atoms with Crippen LogP contribution < -0.4 is 15.0 Å². The molecule has 1 fully saturated rings. The Morgan fingerprint density at radius 1 is 1.38 bits per heavy atom. The van der Waals surface area contributed by atoms with E-state index in [0.29, 0.717) is 29.7 Å². The smallest absolute Gasteiger partial charge is 0.231 e. The molecule has 0 saturated carbocycles. The summed E-state index contributed by atoms with van der Waals surface area (Å²) >= 11 is 2.92. The Morgan fingerprint density at radius 2 is 2.19 bits per heavy atom. The van der Waals surface area contributed by atoms with E-state index in [1.54, 1.807) is 16.7 Å². The third-order valence-electron chi connectivity index (χ3n) is 3.86. The summed E-state index contributed by atoms with van der Waals surface area (Å²) in [6.07, 6.45) is 0.168. The van der Waals surface area contributed by atoms with Gasteiger partial charge in [-0.2, -0.15) is 0 Å². The average Bonchev–Trinajstić information content (AvgIpc) is 3.23. The SMILES string of the molecule is CCOc1ccccc1N1C[C@@H](C(=O)Nc2nnc(SCC)s2)CC1=O. The van der Waals surface area contributed by atoms with Crippen LogP contribution in [0.25, 0.3) is 0 Å². The molecule has 2 amide bonds. The average molecular weight is 393 g/mol. The van der Waals surface area contributed by atoms with Gasteiger partial charge in [-0.15, -0.1) is 10.2 Å². The molecule has 2 heterocycles. The first-order valence-electron chi connectivity index (χ1n) is 8.41. The van der Waals surface area contributed by atoms with Crippen LogP contribution in [0.15, 0.2) is 28.6 Å². The molecule has 3 rings (SSSR count). The van der Waals surface area contributed by atoms with Gasteiger partial charge in [0.2, 0.25) is 16.9 Å². The van der Waals surface area contributed by atoms with Crippen LogP contribution in [0, 0.1) is 5.92 Å². The number of hydrogen-bond donors (Lipinski definition) is 1. The first kappa shape index (κ1) is 18.7. The Balaban J connectivity index is 1.68. The standard InChI is InChI=1S/C17H20N4O3S2/c1-3-24-13-8-6-5-7-12(13)21-10-11(9-14(21)22)15(23)18-16-19-20-17(26-16)25-4-2/h5-8,11H,3-4,9-10H2,1-2H3,(H,18,19,23)/t11-/m0/s1. The predicted octanol–water partition coefficient (Wildman–Crippen LogP) is 3.04. The number of aromatic nitrogens is 2. The van der Waals surface area contributed by atoms with Gasteiger partial charge in [0.15, 0.2) is 4.34 Å². The molecule has 0 radical (unpaired) electrons. The third-order valence-corrected chi connectivity index (χ3v) is 5.71. The number of carbonyl (C=O) groups excluding carboxylic acids is 2. The number of rotatable bonds is 7. The zero-order valence-electron chi connectivity index (χ0n) is 14.6. The fourth-order valence-electron chi connectivity index (χ4n) is 2.72. The molecular weight excluding hydrogens is 372 g/mol. The van der Waals surface area contributed by atoms with Gasteiger partial charge >= 0.3 is 0 Å². The molecule has 0 unspecified atom stereocenters. The second-order valence-electron chi connectivity index (χ2n) is 5.60. The predicted molar refractivity (Wildman–Crippen MR) is 103 cm³/mol. The molecular formula is C17H20N4O3S2. The lowest BCUT2D eigenvalue weighted by Crippen LogP contribution is -2.28. The van der Waals surface area contributed by atoms with E-state index in [4.69, 9.17) is 4.74 Å². The lowest BCUT2D eigenvalue weighted by Gasteiger charge is -2.20. The van der Waals surface area contributed by atoms with Gasteiger partial charge in [-0.1, -0.05) is 42.2 Å². The lowest BCUT2D eigenvalue weighted by molar-refractivity contribution is -0.122. The number of thioether (sulfide) groups is 1. The van der Waals surface area contributed by atoms with Gasteiger partial charge in [0.1, 0.15) is 5.75 Å². The Bertz CT molecular complexity index is 796. The van der Waals surface area contributed by atoms with E-state index < -0.39 is 5.92 Å². The van der Waals surface area contributed by atoms with Crippen molar-refractivity contribution in [3.8, 4) is 5.75 Å². The summed E-state index contributed by atoms with van der Waals surface area (Å²) in [5.41, 5.74) is 0.701. The lowest BCUT2D eigenvalue weighted by atomic mass is 10.1. The maximum atomic E-state index is 12.5. The molecule has 1 saturated heterocycles. The molecule has 0 spiro atoms. The quantitative estimate of drug-likeness (QED) is 0.576. The molecule has 0 bridgehead atoms. The fourth-order valence-corrected chi connectivity index (χ4v) is 4.38. The summed E-state index contributed by atoms with van der Waals surface area (Å²) in [6, 6.07) is 7.38. The number of hydrogen-bond acceptors (Lipinski definition) is 7. The van der Waals surface area contributed by atoms with E-state index >= 15 is 0 Å². The highest BCUT2D eigenvalue weighted by molar-refractivity contribution is 8.01. The fraction of sp³-hybridized carbons (Fsp3) is 0.412. The van der Waals surface area contributed by atoms with E-state index in [1.165, 1.54) is 11.3 Å². The van der Waals surface area contributed by atoms with Crippen molar-refractivity contribution in [3.63, 3.8) is 0 Å². The molecule has 2 aromatic rings. The Labute approximate surface area is 160 Å². The van der Waals surface area contributed by atoms with E-state index in [2.05, 4.69) is 15.5 Å². The maximum absolute atomic E-state index is 12.5. The zero-order chi connectivity index (χ0) is 18.5. The molecule has 26 heavy (non-hydrogen) atoms. The van der Waals surface area contributed by atoms with E-state index in [0.717, 1.165) is 10.1 Å². The Hall–Kier alpha value is -2.13. The van der Waals surface area contributed by atoms with Crippen LogP contribution in [0.3, 0.4) is 0 Å². The van der Waals surface area contributed by atoms with Crippen molar-refractivity contribution in [1.82, 2.24) is 10.2 Å². The third kappa shape index (κ3) is 4.16. The first-order valence-corrected chi connectivity index (χ1v) is 10.2. The first-order chi connectivity index (χ1) is 12.6. The van der Waals surface area contributed by atoms with E-state index in [1.807, 2.05) is 38.1 Å². The summed E-state index contributed by atoms with van der Waals surface area (Å²) in [4.78, 5) is 26.6. The minimum atomic E-state index is -0.427. The van der Waals surface area contributed by atoms with Gasteiger partial charge in [0, 0.05) is 13.0 Å². The molecule has 1 aliphatic rings. The summed E-state index contributed by atoms with van der Waals surface area (Å²) in [5, 5.41) is 11.2. The monoisotopic (exact) mass is 392 g/mol. The van der Waals surface area contributed by atoms with Gasteiger partial charge in [-0.05, 0) is 24.8 Å². The number of nitrogens with zero attached hydrogens (tertiary/aromatic N) is 3. The summed E-state index contributed by atoms with van der Waals surface area (Å²) in [6.45, 7) is 4.76. The number of amides is 2. The Morgan fingerprint density at radius 3 is 2.96 bits per heavy atom. The molecule has 1 aliphatic heterocycles. The van der Waals surface area contributed by atoms with Crippen molar-refractivity contribution in [2.45, 2.75) is 24.6 Å². The molecule has 7 nitrogen and oxygen atoms in total. The number of benzene rings is 1. The molecule has 1 aromatic carbocycles. The summed E-state index contributed by atoms with van der Waals surface area (Å²) < 4.78 is 6.42. The minimum absolute atomic E-state index is 0.0863. The highest BCUT2D eigenvalue weighted by Gasteiger charge is 2.36. The van der Waals surface area contributed by atoms with Gasteiger partial charge < -0.3 is 15.0 Å². The minimum Gasteiger partial charge on any atom is -0.492 e. The van der Waals surface area contributed by atoms with Crippen molar-refractivity contribution in [2.75, 3.05) is 29.1 Å². The normalized spacial score (nSPS) is 16.8. The van der Waals surface area contributed by atoms with Crippen LogP contribution >= 0.6 is 23.1 Å². The van der Waals surface area contributed by atoms with Crippen LogP contribution in [-0.2, 0) is 9.59 Å². The highest BCUT2D eigenvalue weighted by Crippen LogP contribution is 2.33. The second kappa shape index (κ2) is 8.50. The largest absolute Gasteiger partial charge is 0.492 e. The van der Waals surface area contributed by atoms with Crippen molar-refractivity contribution >= 4 is 45.7 Å². The molecule has 1 N–H and O–H groups in total. The van der Waals surface area contributed by atoms with Gasteiger partial charge in [-0.25, -0.2) is 0 Å². The van der Waals surface area contributed by atoms with Crippen LogP contribution in [-0.4, -0.2) is 40.9 Å². The molecule has 9 heteroatoms. The summed E-state index contributed by atoms with van der Waals surface area (Å²) in [7, 11) is 0. The van der Waals surface area contributed by atoms with Crippen molar-refractivity contribution < 1.29 is 14.3 Å². The van der Waals surface area contributed by atoms with Gasteiger partial charge in [0.05, 0.1) is 18.2 Å². The van der Waals surface area contributed by atoms with E-state index in [-0.39, 0.29) is 18.2 Å². The number of nitrogens with one attached hydrogen (secondary N) is 1. The van der Waals surface area contributed by atoms with Crippen molar-refractivity contribution in [3.05, 3.63) is 24.3 Å². The number of ether oxygens (including phenoxy) is 1. The maximum Gasteiger partial charge on any atom is 0.231 e.